The molecule has 2 saturated carbocycles. The van der Waals surface area contributed by atoms with Crippen LogP contribution in [-0.2, 0) is 11.2 Å². The van der Waals surface area contributed by atoms with Gasteiger partial charge in [0.25, 0.3) is 0 Å². The molecule has 3 atom stereocenters. The van der Waals surface area contributed by atoms with Gasteiger partial charge >= 0.3 is 0 Å². The fourth-order valence-electron chi connectivity index (χ4n) is 4.69. The van der Waals surface area contributed by atoms with Crippen molar-refractivity contribution in [2.75, 3.05) is 20.8 Å². The van der Waals surface area contributed by atoms with E-state index in [1.54, 1.807) is 25.6 Å². The van der Waals surface area contributed by atoms with Crippen LogP contribution in [-0.4, -0.2) is 31.6 Å². The molecule has 1 amide bonds. The smallest absolute Gasteiger partial charge is 0.226 e. The lowest BCUT2D eigenvalue weighted by atomic mass is 9.90. The highest BCUT2D eigenvalue weighted by atomic mass is 32.1. The lowest BCUT2D eigenvalue weighted by Crippen LogP contribution is -2.41. The van der Waals surface area contributed by atoms with Gasteiger partial charge < -0.3 is 14.4 Å². The summed E-state index contributed by atoms with van der Waals surface area (Å²) in [7, 11) is 3.34. The molecule has 1 aliphatic heterocycles. The molecule has 2 aromatic rings. The van der Waals surface area contributed by atoms with Gasteiger partial charge in [0, 0.05) is 17.3 Å². The average Bonchev–Trinajstić information content (AvgIpc) is 3.61. The summed E-state index contributed by atoms with van der Waals surface area (Å²) in [6.45, 7) is 0.776. The van der Waals surface area contributed by atoms with E-state index in [2.05, 4.69) is 34.5 Å². The van der Waals surface area contributed by atoms with Crippen LogP contribution in [0.25, 0.3) is 0 Å². The maximum Gasteiger partial charge on any atom is 0.226 e. The number of rotatable bonds is 5. The summed E-state index contributed by atoms with van der Waals surface area (Å²) in [5.41, 5.74) is 2.43. The molecule has 0 radical (unpaired) electrons. The number of amides is 1. The number of benzene rings is 1. The Bertz CT molecular complexity index is 859. The molecule has 1 aromatic heterocycles. The van der Waals surface area contributed by atoms with Crippen molar-refractivity contribution >= 4 is 17.2 Å². The van der Waals surface area contributed by atoms with Crippen molar-refractivity contribution in [1.29, 1.82) is 0 Å². The highest BCUT2D eigenvalue weighted by molar-refractivity contribution is 7.10. The molecule has 4 nitrogen and oxygen atoms in total. The van der Waals surface area contributed by atoms with Gasteiger partial charge in [-0.3, -0.25) is 4.79 Å². The summed E-state index contributed by atoms with van der Waals surface area (Å²) in [5.74, 6) is 3.56. The lowest BCUT2D eigenvalue weighted by molar-refractivity contribution is -0.135. The Morgan fingerprint density at radius 2 is 1.96 bits per heavy atom. The number of hydrogen-bond donors (Lipinski definition) is 0. The molecule has 5 heteroatoms. The van der Waals surface area contributed by atoms with Crippen LogP contribution in [0.5, 0.6) is 11.5 Å². The Balaban J connectivity index is 1.53. The summed E-state index contributed by atoms with van der Waals surface area (Å²) >= 11 is 1.72. The first-order valence-electron chi connectivity index (χ1n) is 9.80. The average molecular weight is 384 g/mol. The summed E-state index contributed by atoms with van der Waals surface area (Å²) in [4.78, 5) is 16.7. The number of thiophene rings is 1. The molecule has 3 unspecified atom stereocenters. The van der Waals surface area contributed by atoms with Crippen molar-refractivity contribution in [2.24, 2.45) is 17.8 Å². The van der Waals surface area contributed by atoms with Gasteiger partial charge in [0.1, 0.15) is 0 Å². The van der Waals surface area contributed by atoms with Gasteiger partial charge in [-0.15, -0.1) is 11.3 Å². The van der Waals surface area contributed by atoms with Gasteiger partial charge in [-0.1, -0.05) is 6.07 Å². The molecule has 2 fully saturated rings. The highest BCUT2D eigenvalue weighted by Gasteiger charge is 2.53. The van der Waals surface area contributed by atoms with Crippen molar-refractivity contribution in [3.05, 3.63) is 45.6 Å². The van der Waals surface area contributed by atoms with E-state index in [-0.39, 0.29) is 12.0 Å². The topological polar surface area (TPSA) is 38.8 Å². The molecule has 0 N–H and O–H groups in total. The summed E-state index contributed by atoms with van der Waals surface area (Å²) in [6, 6.07) is 8.36. The van der Waals surface area contributed by atoms with Crippen LogP contribution in [0.15, 0.2) is 29.6 Å². The van der Waals surface area contributed by atoms with Crippen LogP contribution >= 0.6 is 11.3 Å². The Hall–Kier alpha value is -2.01. The molecule has 0 spiro atoms. The molecule has 27 heavy (non-hydrogen) atoms. The maximum absolute atomic E-state index is 13.4. The van der Waals surface area contributed by atoms with Crippen molar-refractivity contribution in [3.8, 4) is 11.5 Å². The molecule has 1 aromatic carbocycles. The zero-order valence-electron chi connectivity index (χ0n) is 15.8. The number of fused-ring (bicyclic) bond motifs is 1. The van der Waals surface area contributed by atoms with E-state index >= 15 is 0 Å². The monoisotopic (exact) mass is 383 g/mol. The molecule has 0 bridgehead atoms. The largest absolute Gasteiger partial charge is 0.493 e. The predicted molar refractivity (Wildman–Crippen MR) is 105 cm³/mol. The van der Waals surface area contributed by atoms with Gasteiger partial charge in [-0.2, -0.15) is 0 Å². The molecular weight excluding hydrogens is 358 g/mol. The third kappa shape index (κ3) is 2.92. The maximum atomic E-state index is 13.4. The minimum atomic E-state index is -0.0125. The van der Waals surface area contributed by atoms with Gasteiger partial charge in [0.15, 0.2) is 11.5 Å². The minimum absolute atomic E-state index is 0.0125. The fourth-order valence-corrected chi connectivity index (χ4v) is 5.55. The van der Waals surface area contributed by atoms with Crippen molar-refractivity contribution < 1.29 is 14.3 Å². The second-order valence-corrected chi connectivity index (χ2v) is 8.93. The second kappa shape index (κ2) is 6.55. The Morgan fingerprint density at radius 1 is 1.19 bits per heavy atom. The SMILES string of the molecule is COc1cc2c(cc1OC)C(c1cccs1)N(C(=O)C1CC1C1CC1)CC2. The number of carbonyl (C=O) groups is 1. The van der Waals surface area contributed by atoms with Crippen LogP contribution in [0.3, 0.4) is 0 Å². The minimum Gasteiger partial charge on any atom is -0.493 e. The van der Waals surface area contributed by atoms with E-state index in [0.717, 1.165) is 36.8 Å². The molecule has 0 saturated heterocycles. The van der Waals surface area contributed by atoms with Crippen molar-refractivity contribution in [1.82, 2.24) is 4.90 Å². The Morgan fingerprint density at radius 3 is 2.63 bits per heavy atom. The summed E-state index contributed by atoms with van der Waals surface area (Å²) in [5, 5.41) is 2.09. The van der Waals surface area contributed by atoms with Crippen LogP contribution in [0, 0.1) is 17.8 Å². The number of nitrogens with zero attached hydrogens (tertiary/aromatic N) is 1. The standard InChI is InChI=1S/C22H25NO3S/c1-25-18-10-14-7-8-23(22(24)17-11-15(17)13-5-6-13)21(20-4-3-9-27-20)16(14)12-19(18)26-2/h3-4,9-10,12-13,15,17,21H,5-8,11H2,1-2H3. The zero-order chi connectivity index (χ0) is 18.5. The first-order chi connectivity index (χ1) is 13.2. The van der Waals surface area contributed by atoms with Gasteiger partial charge in [0.2, 0.25) is 5.91 Å². The van der Waals surface area contributed by atoms with E-state index in [1.807, 2.05) is 0 Å². The van der Waals surface area contributed by atoms with Crippen LogP contribution in [0.4, 0.5) is 0 Å². The Kier molecular flexibility index (Phi) is 4.15. The second-order valence-electron chi connectivity index (χ2n) is 7.95. The third-order valence-corrected chi connectivity index (χ3v) is 7.28. The van der Waals surface area contributed by atoms with E-state index < -0.39 is 0 Å². The fraction of sp³-hybridized carbons (Fsp3) is 0.500. The number of hydrogen-bond acceptors (Lipinski definition) is 4. The van der Waals surface area contributed by atoms with Crippen molar-refractivity contribution in [2.45, 2.75) is 31.7 Å². The molecule has 142 valence electrons. The van der Waals surface area contributed by atoms with Gasteiger partial charge in [0.05, 0.1) is 20.3 Å². The number of methoxy groups -OCH3 is 2. The molecule has 2 heterocycles. The van der Waals surface area contributed by atoms with Crippen LogP contribution < -0.4 is 9.47 Å². The predicted octanol–water partition coefficient (Wildman–Crippen LogP) is 4.29. The van der Waals surface area contributed by atoms with E-state index in [0.29, 0.717) is 11.8 Å². The quantitative estimate of drug-likeness (QED) is 0.773. The van der Waals surface area contributed by atoms with E-state index in [4.69, 9.17) is 9.47 Å². The van der Waals surface area contributed by atoms with Crippen LogP contribution in [0.2, 0.25) is 0 Å². The van der Waals surface area contributed by atoms with Gasteiger partial charge in [-0.05, 0) is 72.2 Å². The lowest BCUT2D eigenvalue weighted by Gasteiger charge is -2.37. The molecule has 3 aliphatic rings. The number of carbonyl (C=O) groups excluding carboxylic acids is 1. The third-order valence-electron chi connectivity index (χ3n) is 6.35. The highest BCUT2D eigenvalue weighted by Crippen LogP contribution is 2.56. The molecule has 5 rings (SSSR count). The van der Waals surface area contributed by atoms with Gasteiger partial charge in [-0.25, -0.2) is 0 Å². The van der Waals surface area contributed by atoms with E-state index in [9.17, 15) is 4.79 Å². The van der Waals surface area contributed by atoms with E-state index in [1.165, 1.54) is 28.8 Å². The molecule has 2 aliphatic carbocycles. The first kappa shape index (κ1) is 17.1. The van der Waals surface area contributed by atoms with Crippen LogP contribution in [0.1, 0.15) is 41.3 Å². The normalized spacial score (nSPS) is 26.4. The first-order valence-corrected chi connectivity index (χ1v) is 10.7. The zero-order valence-corrected chi connectivity index (χ0v) is 16.6. The number of ether oxygens (including phenoxy) is 2. The Labute approximate surface area is 164 Å². The summed E-state index contributed by atoms with van der Waals surface area (Å²) in [6.07, 6.45) is 4.60. The van der Waals surface area contributed by atoms with Crippen molar-refractivity contribution in [3.63, 3.8) is 0 Å². The summed E-state index contributed by atoms with van der Waals surface area (Å²) < 4.78 is 11.1. The molecular formula is C22H25NO3S.